The van der Waals surface area contributed by atoms with E-state index in [0.717, 1.165) is 37.5 Å². The third-order valence-corrected chi connectivity index (χ3v) is 3.32. The Morgan fingerprint density at radius 3 is 3.22 bits per heavy atom. The van der Waals surface area contributed by atoms with Crippen molar-refractivity contribution in [3.63, 3.8) is 0 Å². The van der Waals surface area contributed by atoms with Crippen molar-refractivity contribution in [3.05, 3.63) is 18.1 Å². The van der Waals surface area contributed by atoms with Gasteiger partial charge in [-0.05, 0) is 26.7 Å². The summed E-state index contributed by atoms with van der Waals surface area (Å²) in [5.74, 6) is 1.53. The van der Waals surface area contributed by atoms with Gasteiger partial charge in [0.2, 0.25) is 0 Å². The van der Waals surface area contributed by atoms with Gasteiger partial charge in [0.15, 0.2) is 0 Å². The molecule has 6 nitrogen and oxygen atoms in total. The first-order chi connectivity index (χ1) is 8.66. The average Bonchev–Trinajstić information content (AvgIpc) is 2.95. The predicted molar refractivity (Wildman–Crippen MR) is 67.6 cm³/mol. The van der Waals surface area contributed by atoms with E-state index in [0.29, 0.717) is 5.78 Å². The fourth-order valence-electron chi connectivity index (χ4n) is 2.31. The maximum absolute atomic E-state index is 5.76. The third-order valence-electron chi connectivity index (χ3n) is 3.32. The zero-order valence-electron chi connectivity index (χ0n) is 10.7. The maximum Gasteiger partial charge on any atom is 0.254 e. The molecule has 1 aliphatic heterocycles. The molecule has 0 amide bonds. The molecule has 1 atom stereocenters. The van der Waals surface area contributed by atoms with Crippen molar-refractivity contribution in [3.8, 4) is 0 Å². The van der Waals surface area contributed by atoms with E-state index in [9.17, 15) is 0 Å². The van der Waals surface area contributed by atoms with Crippen molar-refractivity contribution in [1.82, 2.24) is 19.6 Å². The second-order valence-corrected chi connectivity index (χ2v) is 5.01. The molecule has 3 heterocycles. The number of aromatic nitrogens is 4. The molecule has 2 aromatic rings. The van der Waals surface area contributed by atoms with Crippen LogP contribution >= 0.6 is 0 Å². The van der Waals surface area contributed by atoms with Crippen molar-refractivity contribution in [1.29, 1.82) is 0 Å². The van der Waals surface area contributed by atoms with Gasteiger partial charge in [-0.15, -0.1) is 0 Å². The summed E-state index contributed by atoms with van der Waals surface area (Å²) in [7, 11) is 0. The smallest absolute Gasteiger partial charge is 0.254 e. The number of hydrogen-bond donors (Lipinski definition) is 1. The highest BCUT2D eigenvalue weighted by atomic mass is 16.5. The molecule has 0 saturated carbocycles. The molecule has 2 aromatic heterocycles. The van der Waals surface area contributed by atoms with Crippen LogP contribution in [0.1, 0.15) is 25.5 Å². The van der Waals surface area contributed by atoms with Crippen LogP contribution in [0.3, 0.4) is 0 Å². The highest BCUT2D eigenvalue weighted by molar-refractivity contribution is 5.44. The van der Waals surface area contributed by atoms with Crippen molar-refractivity contribution >= 4 is 11.6 Å². The van der Waals surface area contributed by atoms with E-state index in [2.05, 4.69) is 27.3 Å². The number of hydrogen-bond acceptors (Lipinski definition) is 5. The fourth-order valence-corrected chi connectivity index (χ4v) is 2.31. The van der Waals surface area contributed by atoms with Crippen LogP contribution in [0.25, 0.3) is 5.78 Å². The summed E-state index contributed by atoms with van der Waals surface area (Å²) in [6.07, 6.45) is 3.73. The molecule has 1 aliphatic rings. The second-order valence-electron chi connectivity index (χ2n) is 5.01. The molecule has 1 unspecified atom stereocenters. The van der Waals surface area contributed by atoms with Crippen LogP contribution in [0, 0.1) is 6.92 Å². The highest BCUT2D eigenvalue weighted by Gasteiger charge is 2.29. The molecular formula is C12H17N5O. The summed E-state index contributed by atoms with van der Waals surface area (Å²) in [6, 6.07) is 1.97. The largest absolute Gasteiger partial charge is 0.373 e. The number of nitrogens with zero attached hydrogens (tertiary/aromatic N) is 4. The fraction of sp³-hybridized carbons (Fsp3) is 0.583. The summed E-state index contributed by atoms with van der Waals surface area (Å²) < 4.78 is 7.48. The summed E-state index contributed by atoms with van der Waals surface area (Å²) >= 11 is 0. The normalized spacial score (nSPS) is 23.7. The van der Waals surface area contributed by atoms with Crippen LogP contribution < -0.4 is 5.32 Å². The van der Waals surface area contributed by atoms with Gasteiger partial charge < -0.3 is 10.1 Å². The molecule has 0 spiro atoms. The Kier molecular flexibility index (Phi) is 2.66. The second kappa shape index (κ2) is 4.20. The molecule has 1 N–H and O–H groups in total. The lowest BCUT2D eigenvalue weighted by molar-refractivity contribution is 0.0314. The van der Waals surface area contributed by atoms with E-state index in [1.165, 1.54) is 6.33 Å². The average molecular weight is 247 g/mol. The van der Waals surface area contributed by atoms with E-state index in [1.807, 2.05) is 13.0 Å². The molecule has 1 fully saturated rings. The highest BCUT2D eigenvalue weighted by Crippen LogP contribution is 2.25. The van der Waals surface area contributed by atoms with Crippen molar-refractivity contribution < 1.29 is 4.74 Å². The van der Waals surface area contributed by atoms with E-state index in [1.54, 1.807) is 4.52 Å². The van der Waals surface area contributed by atoms with Gasteiger partial charge in [-0.2, -0.15) is 14.6 Å². The standard InChI is InChI=1S/C12H17N5O/c1-9-6-10(17-11(16-9)14-8-15-17)13-7-12(2)4-3-5-18-12/h6,8,13H,3-5,7H2,1-2H3. The molecule has 0 bridgehead atoms. The van der Waals surface area contributed by atoms with Crippen LogP contribution in [0.5, 0.6) is 0 Å². The lowest BCUT2D eigenvalue weighted by atomic mass is 10.0. The summed E-state index contributed by atoms with van der Waals surface area (Å²) in [5.41, 5.74) is 0.847. The topological polar surface area (TPSA) is 64.3 Å². The monoisotopic (exact) mass is 247 g/mol. The van der Waals surface area contributed by atoms with Crippen LogP contribution in [0.2, 0.25) is 0 Å². The summed E-state index contributed by atoms with van der Waals surface area (Å²) in [4.78, 5) is 8.42. The van der Waals surface area contributed by atoms with Gasteiger partial charge in [0.25, 0.3) is 5.78 Å². The molecule has 0 aliphatic carbocycles. The van der Waals surface area contributed by atoms with Gasteiger partial charge in [-0.1, -0.05) is 0 Å². The van der Waals surface area contributed by atoms with Crippen LogP contribution in [0.4, 0.5) is 5.82 Å². The van der Waals surface area contributed by atoms with Crippen LogP contribution in [0.15, 0.2) is 12.4 Å². The summed E-state index contributed by atoms with van der Waals surface area (Å²) in [5, 5.41) is 7.56. The minimum Gasteiger partial charge on any atom is -0.373 e. The predicted octanol–water partition coefficient (Wildman–Crippen LogP) is 1.41. The Morgan fingerprint density at radius 1 is 1.56 bits per heavy atom. The number of nitrogens with one attached hydrogen (secondary N) is 1. The molecule has 1 saturated heterocycles. The minimum atomic E-state index is -0.0793. The molecule has 0 radical (unpaired) electrons. The number of ether oxygens (including phenoxy) is 1. The van der Waals surface area contributed by atoms with Crippen molar-refractivity contribution in [2.24, 2.45) is 0 Å². The zero-order valence-corrected chi connectivity index (χ0v) is 10.7. The molecule has 18 heavy (non-hydrogen) atoms. The number of fused-ring (bicyclic) bond motifs is 1. The molecular weight excluding hydrogens is 230 g/mol. The van der Waals surface area contributed by atoms with E-state index >= 15 is 0 Å². The Labute approximate surface area is 105 Å². The Bertz CT molecular complexity index is 559. The summed E-state index contributed by atoms with van der Waals surface area (Å²) in [6.45, 7) is 5.71. The SMILES string of the molecule is Cc1cc(NCC2(C)CCCO2)n2ncnc2n1. The zero-order chi connectivity index (χ0) is 12.6. The minimum absolute atomic E-state index is 0.0793. The Hall–Kier alpha value is -1.69. The van der Waals surface area contributed by atoms with Crippen molar-refractivity contribution in [2.45, 2.75) is 32.3 Å². The van der Waals surface area contributed by atoms with E-state index in [4.69, 9.17) is 4.74 Å². The first-order valence-electron chi connectivity index (χ1n) is 6.22. The van der Waals surface area contributed by atoms with Gasteiger partial charge in [-0.3, -0.25) is 0 Å². The van der Waals surface area contributed by atoms with E-state index in [-0.39, 0.29) is 5.60 Å². The Morgan fingerprint density at radius 2 is 2.44 bits per heavy atom. The lowest BCUT2D eigenvalue weighted by Crippen LogP contribution is -2.33. The van der Waals surface area contributed by atoms with Crippen LogP contribution in [-0.2, 0) is 4.74 Å². The number of anilines is 1. The number of rotatable bonds is 3. The lowest BCUT2D eigenvalue weighted by Gasteiger charge is -2.24. The third kappa shape index (κ3) is 2.03. The van der Waals surface area contributed by atoms with Gasteiger partial charge in [0.05, 0.1) is 5.60 Å². The molecule has 3 rings (SSSR count). The van der Waals surface area contributed by atoms with Gasteiger partial charge in [0.1, 0.15) is 12.1 Å². The molecule has 96 valence electrons. The van der Waals surface area contributed by atoms with Crippen molar-refractivity contribution in [2.75, 3.05) is 18.5 Å². The first kappa shape index (κ1) is 11.4. The number of aryl methyl sites for hydroxylation is 1. The van der Waals surface area contributed by atoms with Crippen LogP contribution in [-0.4, -0.2) is 38.3 Å². The van der Waals surface area contributed by atoms with Gasteiger partial charge in [-0.25, -0.2) is 4.98 Å². The quantitative estimate of drug-likeness (QED) is 0.888. The molecule has 6 heteroatoms. The molecule has 0 aromatic carbocycles. The van der Waals surface area contributed by atoms with Gasteiger partial charge in [0, 0.05) is 24.9 Å². The first-order valence-corrected chi connectivity index (χ1v) is 6.22. The van der Waals surface area contributed by atoms with E-state index < -0.39 is 0 Å². The maximum atomic E-state index is 5.76. The van der Waals surface area contributed by atoms with Gasteiger partial charge >= 0.3 is 0 Å². The Balaban J connectivity index is 1.83.